The highest BCUT2D eigenvalue weighted by Crippen LogP contribution is 2.26. The first-order chi connectivity index (χ1) is 7.63. The van der Waals surface area contributed by atoms with Gasteiger partial charge in [-0.25, -0.2) is 0 Å². The van der Waals surface area contributed by atoms with Gasteiger partial charge in [-0.1, -0.05) is 20.8 Å². The second-order valence-corrected chi connectivity index (χ2v) is 5.84. The number of hydrogen-bond donors (Lipinski definition) is 1. The zero-order chi connectivity index (χ0) is 11.5. The lowest BCUT2D eigenvalue weighted by Gasteiger charge is -2.33. The summed E-state index contributed by atoms with van der Waals surface area (Å²) >= 11 is 0. The number of fused-ring (bicyclic) bond motifs is 2. The molecule has 3 heteroatoms. The molecule has 3 unspecified atom stereocenters. The molecule has 2 aliphatic heterocycles. The molecule has 0 amide bonds. The summed E-state index contributed by atoms with van der Waals surface area (Å²) in [5, 5.41) is 3.51. The smallest absolute Gasteiger partial charge is 0.0707 e. The van der Waals surface area contributed by atoms with E-state index in [9.17, 15) is 0 Å². The van der Waals surface area contributed by atoms with Crippen LogP contribution in [0.2, 0.25) is 0 Å². The molecular formula is C13H26N2O. The number of likely N-dealkylation sites (tertiary alicyclic amines) is 1. The van der Waals surface area contributed by atoms with Crippen LogP contribution in [-0.2, 0) is 4.74 Å². The van der Waals surface area contributed by atoms with Crippen molar-refractivity contribution >= 4 is 0 Å². The van der Waals surface area contributed by atoms with Gasteiger partial charge in [-0.05, 0) is 25.3 Å². The second kappa shape index (κ2) is 5.48. The second-order valence-electron chi connectivity index (χ2n) is 5.84. The predicted octanol–water partition coefficient (Wildman–Crippen LogP) is 1.48. The molecule has 3 nitrogen and oxygen atoms in total. The van der Waals surface area contributed by atoms with Crippen LogP contribution < -0.4 is 5.32 Å². The van der Waals surface area contributed by atoms with E-state index in [-0.39, 0.29) is 0 Å². The molecule has 0 aromatic rings. The minimum atomic E-state index is 0.531. The molecule has 2 fully saturated rings. The van der Waals surface area contributed by atoms with Gasteiger partial charge in [0.2, 0.25) is 0 Å². The number of rotatable bonds is 5. The molecule has 0 spiro atoms. The maximum atomic E-state index is 5.85. The summed E-state index contributed by atoms with van der Waals surface area (Å²) < 4.78 is 5.85. The zero-order valence-electron chi connectivity index (χ0n) is 10.9. The van der Waals surface area contributed by atoms with E-state index in [1.54, 1.807) is 0 Å². The van der Waals surface area contributed by atoms with E-state index in [2.05, 4.69) is 31.0 Å². The molecule has 2 bridgehead atoms. The maximum Gasteiger partial charge on any atom is 0.0707 e. The Kier molecular flexibility index (Phi) is 4.22. The molecule has 0 aromatic heterocycles. The Morgan fingerprint density at radius 2 is 1.81 bits per heavy atom. The number of ether oxygens (including phenoxy) is 1. The molecule has 2 rings (SSSR count). The lowest BCUT2D eigenvalue weighted by atomic mass is 10.1. The highest BCUT2D eigenvalue weighted by atomic mass is 16.5. The van der Waals surface area contributed by atoms with Crippen LogP contribution in [0.3, 0.4) is 0 Å². The molecule has 2 aliphatic rings. The molecule has 0 aliphatic carbocycles. The van der Waals surface area contributed by atoms with Crippen LogP contribution >= 0.6 is 0 Å². The van der Waals surface area contributed by atoms with Crippen LogP contribution in [-0.4, -0.2) is 49.3 Å². The molecule has 0 radical (unpaired) electrons. The Labute approximate surface area is 99.5 Å². The Balaban J connectivity index is 1.69. The van der Waals surface area contributed by atoms with Crippen LogP contribution in [0.4, 0.5) is 0 Å². The van der Waals surface area contributed by atoms with Crippen molar-refractivity contribution in [3.05, 3.63) is 0 Å². The quantitative estimate of drug-likeness (QED) is 0.768. The van der Waals surface area contributed by atoms with Gasteiger partial charge in [0.25, 0.3) is 0 Å². The Morgan fingerprint density at radius 3 is 2.38 bits per heavy atom. The summed E-state index contributed by atoms with van der Waals surface area (Å²) in [6, 6.07) is 0.600. The minimum Gasteiger partial charge on any atom is -0.372 e. The van der Waals surface area contributed by atoms with Gasteiger partial charge in [0.1, 0.15) is 0 Å². The fourth-order valence-corrected chi connectivity index (χ4v) is 2.79. The van der Waals surface area contributed by atoms with Crippen LogP contribution in [0.5, 0.6) is 0 Å². The van der Waals surface area contributed by atoms with E-state index in [0.717, 1.165) is 25.6 Å². The van der Waals surface area contributed by atoms with Gasteiger partial charge in [-0.2, -0.15) is 0 Å². The molecule has 1 N–H and O–H groups in total. The monoisotopic (exact) mass is 226 g/mol. The summed E-state index contributed by atoms with van der Waals surface area (Å²) in [6.45, 7) is 11.4. The van der Waals surface area contributed by atoms with Crippen molar-refractivity contribution in [3.8, 4) is 0 Å². The third-order valence-electron chi connectivity index (χ3n) is 3.56. The highest BCUT2D eigenvalue weighted by Gasteiger charge is 2.33. The van der Waals surface area contributed by atoms with E-state index < -0.39 is 0 Å². The molecule has 0 aromatic carbocycles. The van der Waals surface area contributed by atoms with E-state index in [4.69, 9.17) is 4.74 Å². The highest BCUT2D eigenvalue weighted by molar-refractivity contribution is 4.85. The predicted molar refractivity (Wildman–Crippen MR) is 66.6 cm³/mol. The minimum absolute atomic E-state index is 0.531. The van der Waals surface area contributed by atoms with Crippen molar-refractivity contribution in [1.82, 2.24) is 10.2 Å². The maximum absolute atomic E-state index is 5.85. The SMILES string of the molecule is CC(CNC(C)C)CN1CC2CCC(C1)O2. The van der Waals surface area contributed by atoms with Gasteiger partial charge in [0.05, 0.1) is 12.2 Å². The van der Waals surface area contributed by atoms with E-state index in [1.807, 2.05) is 0 Å². The van der Waals surface area contributed by atoms with Gasteiger partial charge in [0, 0.05) is 25.7 Å². The lowest BCUT2D eigenvalue weighted by molar-refractivity contribution is -0.0418. The van der Waals surface area contributed by atoms with Crippen molar-refractivity contribution in [1.29, 1.82) is 0 Å². The molecule has 94 valence electrons. The van der Waals surface area contributed by atoms with Crippen molar-refractivity contribution < 1.29 is 4.74 Å². The molecule has 16 heavy (non-hydrogen) atoms. The first-order valence-corrected chi connectivity index (χ1v) is 6.74. The molecule has 0 saturated carbocycles. The Morgan fingerprint density at radius 1 is 1.19 bits per heavy atom. The average Bonchev–Trinajstić information content (AvgIpc) is 2.55. The molecule has 3 atom stereocenters. The third kappa shape index (κ3) is 3.44. The fraction of sp³-hybridized carbons (Fsp3) is 1.00. The number of morpholine rings is 1. The Bertz CT molecular complexity index is 208. The molecule has 2 saturated heterocycles. The summed E-state index contributed by atoms with van der Waals surface area (Å²) in [5.74, 6) is 0.736. The zero-order valence-corrected chi connectivity index (χ0v) is 10.9. The van der Waals surface area contributed by atoms with E-state index >= 15 is 0 Å². The Hall–Kier alpha value is -0.120. The van der Waals surface area contributed by atoms with Gasteiger partial charge in [-0.15, -0.1) is 0 Å². The first kappa shape index (κ1) is 12.3. The van der Waals surface area contributed by atoms with Crippen molar-refractivity contribution in [3.63, 3.8) is 0 Å². The van der Waals surface area contributed by atoms with Crippen LogP contribution in [0, 0.1) is 5.92 Å². The van der Waals surface area contributed by atoms with Crippen LogP contribution in [0.25, 0.3) is 0 Å². The van der Waals surface area contributed by atoms with Gasteiger partial charge in [0.15, 0.2) is 0 Å². The van der Waals surface area contributed by atoms with E-state index in [0.29, 0.717) is 18.2 Å². The van der Waals surface area contributed by atoms with Crippen LogP contribution in [0.1, 0.15) is 33.6 Å². The van der Waals surface area contributed by atoms with Crippen molar-refractivity contribution in [2.24, 2.45) is 5.92 Å². The van der Waals surface area contributed by atoms with Crippen LogP contribution in [0.15, 0.2) is 0 Å². The fourth-order valence-electron chi connectivity index (χ4n) is 2.79. The first-order valence-electron chi connectivity index (χ1n) is 6.74. The summed E-state index contributed by atoms with van der Waals surface area (Å²) in [4.78, 5) is 2.60. The van der Waals surface area contributed by atoms with E-state index in [1.165, 1.54) is 19.4 Å². The summed E-state index contributed by atoms with van der Waals surface area (Å²) in [6.07, 6.45) is 3.62. The van der Waals surface area contributed by atoms with Gasteiger partial charge in [-0.3, -0.25) is 4.90 Å². The normalized spacial score (nSPS) is 32.2. The molecular weight excluding hydrogens is 200 g/mol. The number of hydrogen-bond acceptors (Lipinski definition) is 3. The third-order valence-corrected chi connectivity index (χ3v) is 3.56. The summed E-state index contributed by atoms with van der Waals surface area (Å²) in [5.41, 5.74) is 0. The molecule has 2 heterocycles. The average molecular weight is 226 g/mol. The number of nitrogens with one attached hydrogen (secondary N) is 1. The van der Waals surface area contributed by atoms with Gasteiger partial charge < -0.3 is 10.1 Å². The standard InChI is InChI=1S/C13H26N2O/c1-10(2)14-6-11(3)7-15-8-12-4-5-13(9-15)16-12/h10-14H,4-9H2,1-3H3. The largest absolute Gasteiger partial charge is 0.372 e. The summed E-state index contributed by atoms with van der Waals surface area (Å²) in [7, 11) is 0. The van der Waals surface area contributed by atoms with Crippen molar-refractivity contribution in [2.45, 2.75) is 51.9 Å². The number of nitrogens with zero attached hydrogens (tertiary/aromatic N) is 1. The lowest BCUT2D eigenvalue weighted by Crippen LogP contribution is -2.45. The topological polar surface area (TPSA) is 24.5 Å². The van der Waals surface area contributed by atoms with Crippen molar-refractivity contribution in [2.75, 3.05) is 26.2 Å². The van der Waals surface area contributed by atoms with Gasteiger partial charge >= 0.3 is 0 Å².